The molecular formula is C10H10Br2O3. The maximum Gasteiger partial charge on any atom is 0.331 e. The molecule has 3 nitrogen and oxygen atoms in total. The quantitative estimate of drug-likeness (QED) is 0.343. The summed E-state index contributed by atoms with van der Waals surface area (Å²) in [4.78, 5) is 21.4. The van der Waals surface area contributed by atoms with Crippen LogP contribution in [0.2, 0.25) is 0 Å². The maximum atomic E-state index is 10.9. The zero-order valence-electron chi connectivity index (χ0n) is 8.29. The highest BCUT2D eigenvalue weighted by Crippen LogP contribution is 2.20. The van der Waals surface area contributed by atoms with E-state index in [0.717, 1.165) is 6.29 Å². The number of hydrogen-bond donors (Lipinski definition) is 0. The lowest BCUT2D eigenvalue weighted by Crippen LogP contribution is -1.94. The van der Waals surface area contributed by atoms with E-state index in [1.54, 1.807) is 19.1 Å². The summed E-state index contributed by atoms with van der Waals surface area (Å²) < 4.78 is 5.55. The third-order valence-electron chi connectivity index (χ3n) is 1.44. The number of hydrogen-bond acceptors (Lipinski definition) is 3. The van der Waals surface area contributed by atoms with Crippen molar-refractivity contribution in [2.24, 2.45) is 0 Å². The first-order valence-electron chi connectivity index (χ1n) is 3.99. The van der Waals surface area contributed by atoms with Gasteiger partial charge in [-0.25, -0.2) is 4.79 Å². The van der Waals surface area contributed by atoms with E-state index in [1.165, 1.54) is 13.2 Å². The number of methoxy groups -OCH3 is 1. The molecule has 0 unspecified atom stereocenters. The van der Waals surface area contributed by atoms with Crippen LogP contribution in [0.5, 0.6) is 0 Å². The first-order chi connectivity index (χ1) is 7.04. The molecule has 0 heterocycles. The van der Waals surface area contributed by atoms with E-state index in [4.69, 9.17) is 0 Å². The molecule has 5 heteroatoms. The lowest BCUT2D eigenvalue weighted by molar-refractivity contribution is -0.134. The summed E-state index contributed by atoms with van der Waals surface area (Å²) in [5.41, 5.74) is 0.505. The highest BCUT2D eigenvalue weighted by molar-refractivity contribution is 9.12. The summed E-state index contributed by atoms with van der Waals surface area (Å²) in [5.74, 6) is -0.466. The molecule has 15 heavy (non-hydrogen) atoms. The SMILES string of the molecule is C\C=C(C=O)/C(Br)=C\C(Br)=C\C(=O)OC. The minimum absolute atomic E-state index is 0.466. The van der Waals surface area contributed by atoms with Gasteiger partial charge in [0.15, 0.2) is 6.29 Å². The lowest BCUT2D eigenvalue weighted by atomic mass is 10.2. The summed E-state index contributed by atoms with van der Waals surface area (Å²) >= 11 is 6.37. The zero-order chi connectivity index (χ0) is 11.8. The van der Waals surface area contributed by atoms with Gasteiger partial charge in [0.25, 0.3) is 0 Å². The largest absolute Gasteiger partial charge is 0.466 e. The normalized spacial score (nSPS) is 13.7. The van der Waals surface area contributed by atoms with Crippen molar-refractivity contribution in [3.8, 4) is 0 Å². The molecule has 0 radical (unpaired) electrons. The Morgan fingerprint density at radius 3 is 2.27 bits per heavy atom. The number of carbonyl (C=O) groups excluding carboxylic acids is 2. The number of halogens is 2. The predicted octanol–water partition coefficient (Wildman–Crippen LogP) is 2.86. The average molecular weight is 338 g/mol. The number of esters is 1. The third kappa shape index (κ3) is 5.69. The Hall–Kier alpha value is -0.680. The molecule has 0 saturated carbocycles. The molecule has 82 valence electrons. The van der Waals surface area contributed by atoms with Gasteiger partial charge in [-0.1, -0.05) is 37.9 Å². The van der Waals surface area contributed by atoms with Crippen LogP contribution in [0.4, 0.5) is 0 Å². The zero-order valence-corrected chi connectivity index (χ0v) is 11.5. The minimum atomic E-state index is -0.466. The molecule has 0 saturated heterocycles. The Labute approximate surface area is 105 Å². The van der Waals surface area contributed by atoms with Gasteiger partial charge in [0, 0.05) is 20.6 Å². The van der Waals surface area contributed by atoms with Crippen LogP contribution >= 0.6 is 31.9 Å². The molecule has 0 aromatic carbocycles. The average Bonchev–Trinajstić information content (AvgIpc) is 2.19. The van der Waals surface area contributed by atoms with Crippen molar-refractivity contribution in [3.63, 3.8) is 0 Å². The summed E-state index contributed by atoms with van der Waals surface area (Å²) in [7, 11) is 1.29. The summed E-state index contributed by atoms with van der Waals surface area (Å²) in [6.07, 6.45) is 5.24. The van der Waals surface area contributed by atoms with E-state index in [0.29, 0.717) is 14.5 Å². The first kappa shape index (κ1) is 14.3. The number of ether oxygens (including phenoxy) is 1. The van der Waals surface area contributed by atoms with Gasteiger partial charge in [-0.3, -0.25) is 4.79 Å². The van der Waals surface area contributed by atoms with Crippen LogP contribution in [0.15, 0.2) is 32.8 Å². The maximum absolute atomic E-state index is 10.9. The Morgan fingerprint density at radius 2 is 1.87 bits per heavy atom. The molecule has 0 spiro atoms. The summed E-state index contributed by atoms with van der Waals surface area (Å²) in [6, 6.07) is 0. The van der Waals surface area contributed by atoms with Crippen LogP contribution in [0.1, 0.15) is 6.92 Å². The monoisotopic (exact) mass is 336 g/mol. The smallest absolute Gasteiger partial charge is 0.331 e. The molecule has 0 aliphatic heterocycles. The highest BCUT2D eigenvalue weighted by atomic mass is 79.9. The van der Waals surface area contributed by atoms with Crippen molar-refractivity contribution >= 4 is 44.1 Å². The predicted molar refractivity (Wildman–Crippen MR) is 65.9 cm³/mol. The van der Waals surface area contributed by atoms with Crippen LogP contribution in [0.25, 0.3) is 0 Å². The Kier molecular flexibility index (Phi) is 7.25. The van der Waals surface area contributed by atoms with Gasteiger partial charge < -0.3 is 4.74 Å². The minimum Gasteiger partial charge on any atom is -0.466 e. The molecule has 0 N–H and O–H groups in total. The van der Waals surface area contributed by atoms with Gasteiger partial charge in [-0.2, -0.15) is 0 Å². The lowest BCUT2D eigenvalue weighted by Gasteiger charge is -1.97. The second kappa shape index (κ2) is 7.59. The van der Waals surface area contributed by atoms with Crippen molar-refractivity contribution in [1.82, 2.24) is 0 Å². The van der Waals surface area contributed by atoms with E-state index in [1.807, 2.05) is 0 Å². The van der Waals surface area contributed by atoms with E-state index in [2.05, 4.69) is 36.6 Å². The molecule has 0 fully saturated rings. The van der Waals surface area contributed by atoms with Crippen LogP contribution in [0.3, 0.4) is 0 Å². The van der Waals surface area contributed by atoms with Crippen LogP contribution in [-0.2, 0) is 14.3 Å². The number of aldehydes is 1. The second-order valence-electron chi connectivity index (χ2n) is 2.41. The van der Waals surface area contributed by atoms with Crippen LogP contribution in [-0.4, -0.2) is 19.4 Å². The van der Waals surface area contributed by atoms with Crippen molar-refractivity contribution in [2.45, 2.75) is 6.92 Å². The van der Waals surface area contributed by atoms with E-state index >= 15 is 0 Å². The van der Waals surface area contributed by atoms with Gasteiger partial charge in [-0.15, -0.1) is 0 Å². The highest BCUT2D eigenvalue weighted by Gasteiger charge is 2.01. The number of carbonyl (C=O) groups is 2. The summed E-state index contributed by atoms with van der Waals surface area (Å²) in [6.45, 7) is 1.75. The second-order valence-corrected chi connectivity index (χ2v) is 4.18. The van der Waals surface area contributed by atoms with Crippen molar-refractivity contribution < 1.29 is 14.3 Å². The van der Waals surface area contributed by atoms with Crippen molar-refractivity contribution in [2.75, 3.05) is 7.11 Å². The molecule has 0 aromatic rings. The molecule has 0 atom stereocenters. The fourth-order valence-corrected chi connectivity index (χ4v) is 1.97. The van der Waals surface area contributed by atoms with E-state index in [-0.39, 0.29) is 0 Å². The van der Waals surface area contributed by atoms with Gasteiger partial charge in [0.05, 0.1) is 7.11 Å². The summed E-state index contributed by atoms with van der Waals surface area (Å²) in [5, 5.41) is 0. The Balaban J connectivity index is 4.83. The van der Waals surface area contributed by atoms with E-state index in [9.17, 15) is 9.59 Å². The van der Waals surface area contributed by atoms with Crippen molar-refractivity contribution in [1.29, 1.82) is 0 Å². The van der Waals surface area contributed by atoms with Gasteiger partial charge in [0.1, 0.15) is 0 Å². The molecular weight excluding hydrogens is 328 g/mol. The van der Waals surface area contributed by atoms with Gasteiger partial charge >= 0.3 is 5.97 Å². The topological polar surface area (TPSA) is 43.4 Å². The molecule has 0 bridgehead atoms. The Bertz CT molecular complexity index is 341. The van der Waals surface area contributed by atoms with Gasteiger partial charge in [0.2, 0.25) is 0 Å². The molecule has 0 aliphatic carbocycles. The third-order valence-corrected chi connectivity index (χ3v) is 2.58. The van der Waals surface area contributed by atoms with Gasteiger partial charge in [-0.05, 0) is 13.0 Å². The molecule has 0 aliphatic rings. The van der Waals surface area contributed by atoms with Crippen LogP contribution < -0.4 is 0 Å². The number of allylic oxidation sites excluding steroid dienone is 5. The van der Waals surface area contributed by atoms with Crippen LogP contribution in [0, 0.1) is 0 Å². The molecule has 0 amide bonds. The standard InChI is InChI=1S/C10H10Br2O3/c1-3-7(6-13)9(12)4-8(11)5-10(14)15-2/h3-6H,1-2H3/b7-3-,8-5-,9-4+. The first-order valence-corrected chi connectivity index (χ1v) is 5.58. The Morgan fingerprint density at radius 1 is 1.27 bits per heavy atom. The van der Waals surface area contributed by atoms with Crippen molar-refractivity contribution in [3.05, 3.63) is 32.8 Å². The fourth-order valence-electron chi connectivity index (χ4n) is 0.680. The number of rotatable bonds is 4. The fraction of sp³-hybridized carbons (Fsp3) is 0.200. The van der Waals surface area contributed by atoms with E-state index < -0.39 is 5.97 Å². The molecule has 0 rings (SSSR count). The molecule has 0 aromatic heterocycles.